The highest BCUT2D eigenvalue weighted by atomic mass is 79.9. The number of halogens is 1. The Bertz CT molecular complexity index is 461. The van der Waals surface area contributed by atoms with Crippen molar-refractivity contribution in [1.29, 1.82) is 5.26 Å². The smallest absolute Gasteiger partial charge is 0.103 e. The second-order valence-corrected chi connectivity index (χ2v) is 5.84. The molecule has 0 amide bonds. The fourth-order valence-electron chi connectivity index (χ4n) is 2.65. The van der Waals surface area contributed by atoms with Gasteiger partial charge in [0, 0.05) is 23.6 Å². The molecule has 1 aromatic carbocycles. The van der Waals surface area contributed by atoms with Gasteiger partial charge < -0.3 is 10.2 Å². The molecule has 1 heterocycles. The van der Waals surface area contributed by atoms with Crippen molar-refractivity contribution in [2.45, 2.75) is 32.2 Å². The highest BCUT2D eigenvalue weighted by molar-refractivity contribution is 9.10. The number of hydrogen-bond acceptors (Lipinski definition) is 3. The van der Waals surface area contributed by atoms with Crippen molar-refractivity contribution in [2.24, 2.45) is 0 Å². The Morgan fingerprint density at radius 3 is 3.00 bits per heavy atom. The van der Waals surface area contributed by atoms with Gasteiger partial charge in [-0.3, -0.25) is 0 Å². The molecule has 19 heavy (non-hydrogen) atoms. The molecule has 2 rings (SSSR count). The van der Waals surface area contributed by atoms with Crippen LogP contribution in [-0.4, -0.2) is 25.7 Å². The van der Waals surface area contributed by atoms with Crippen LogP contribution in [0.4, 0.5) is 5.69 Å². The zero-order valence-electron chi connectivity index (χ0n) is 11.3. The molecular formula is C15H20BrN3. The lowest BCUT2D eigenvalue weighted by atomic mass is 10.1. The zero-order valence-corrected chi connectivity index (χ0v) is 12.9. The van der Waals surface area contributed by atoms with Crippen LogP contribution in [0.2, 0.25) is 0 Å². The molecule has 3 nitrogen and oxygen atoms in total. The summed E-state index contributed by atoms with van der Waals surface area (Å²) in [5.74, 6) is 0. The Morgan fingerprint density at radius 1 is 1.53 bits per heavy atom. The molecule has 1 fully saturated rings. The number of anilines is 1. The van der Waals surface area contributed by atoms with E-state index in [4.69, 9.17) is 0 Å². The predicted octanol–water partition coefficient (Wildman–Crippen LogP) is 3.29. The molecule has 0 saturated carbocycles. The summed E-state index contributed by atoms with van der Waals surface area (Å²) in [6.45, 7) is 5.27. The average molecular weight is 322 g/mol. The van der Waals surface area contributed by atoms with Gasteiger partial charge in [-0.1, -0.05) is 13.0 Å². The van der Waals surface area contributed by atoms with Crippen molar-refractivity contribution in [3.63, 3.8) is 0 Å². The fourth-order valence-corrected chi connectivity index (χ4v) is 3.09. The summed E-state index contributed by atoms with van der Waals surface area (Å²) >= 11 is 3.47. The van der Waals surface area contributed by atoms with Gasteiger partial charge in [0.05, 0.1) is 11.3 Å². The molecule has 1 aliphatic heterocycles. The lowest BCUT2D eigenvalue weighted by molar-refractivity contribution is 0.578. The van der Waals surface area contributed by atoms with Crippen LogP contribution >= 0.6 is 15.9 Å². The molecular weight excluding hydrogens is 302 g/mol. The van der Waals surface area contributed by atoms with Crippen molar-refractivity contribution < 1.29 is 0 Å². The van der Waals surface area contributed by atoms with Crippen LogP contribution in [0, 0.1) is 11.3 Å². The summed E-state index contributed by atoms with van der Waals surface area (Å²) in [6, 6.07) is 8.86. The Kier molecular flexibility index (Phi) is 5.24. The highest BCUT2D eigenvalue weighted by Crippen LogP contribution is 2.28. The quantitative estimate of drug-likeness (QED) is 0.904. The van der Waals surface area contributed by atoms with Gasteiger partial charge in [0.25, 0.3) is 0 Å². The molecule has 1 saturated heterocycles. The van der Waals surface area contributed by atoms with E-state index < -0.39 is 0 Å². The number of nitrogens with one attached hydrogen (secondary N) is 1. The summed E-state index contributed by atoms with van der Waals surface area (Å²) in [6.07, 6.45) is 3.58. The van der Waals surface area contributed by atoms with Crippen molar-refractivity contribution >= 4 is 21.6 Å². The van der Waals surface area contributed by atoms with E-state index in [1.165, 1.54) is 12.8 Å². The number of nitriles is 1. The van der Waals surface area contributed by atoms with Crippen molar-refractivity contribution in [3.05, 3.63) is 28.2 Å². The minimum atomic E-state index is 0.553. The first-order chi connectivity index (χ1) is 9.26. The van der Waals surface area contributed by atoms with Crippen LogP contribution in [0.1, 0.15) is 31.7 Å². The number of hydrogen-bond donors (Lipinski definition) is 1. The maximum absolute atomic E-state index is 9.35. The van der Waals surface area contributed by atoms with Gasteiger partial charge >= 0.3 is 0 Å². The Labute approximate surface area is 123 Å². The predicted molar refractivity (Wildman–Crippen MR) is 82.4 cm³/mol. The van der Waals surface area contributed by atoms with Crippen LogP contribution in [0.15, 0.2) is 22.7 Å². The molecule has 1 unspecified atom stereocenters. The summed E-state index contributed by atoms with van der Waals surface area (Å²) in [5.41, 5.74) is 1.79. The number of nitrogens with zero attached hydrogens (tertiary/aromatic N) is 2. The van der Waals surface area contributed by atoms with Gasteiger partial charge in [-0.25, -0.2) is 0 Å². The van der Waals surface area contributed by atoms with Gasteiger partial charge in [0.2, 0.25) is 0 Å². The van der Waals surface area contributed by atoms with Gasteiger partial charge in [-0.05, 0) is 53.9 Å². The van der Waals surface area contributed by atoms with E-state index in [2.05, 4.69) is 39.1 Å². The Morgan fingerprint density at radius 2 is 2.37 bits per heavy atom. The minimum Gasteiger partial charge on any atom is -0.369 e. The first-order valence-electron chi connectivity index (χ1n) is 6.93. The Balaban J connectivity index is 2.22. The molecule has 1 atom stereocenters. The topological polar surface area (TPSA) is 39.1 Å². The second-order valence-electron chi connectivity index (χ2n) is 4.99. The van der Waals surface area contributed by atoms with E-state index in [9.17, 15) is 5.26 Å². The normalized spacial score (nSPS) is 18.3. The molecule has 0 spiro atoms. The molecule has 0 aromatic heterocycles. The third kappa shape index (κ3) is 3.49. The van der Waals surface area contributed by atoms with Gasteiger partial charge in [0.1, 0.15) is 6.07 Å². The summed E-state index contributed by atoms with van der Waals surface area (Å²) in [5, 5.41) is 12.9. The number of benzene rings is 1. The molecule has 1 aliphatic rings. The second kappa shape index (κ2) is 6.93. The fraction of sp³-hybridized carbons (Fsp3) is 0.533. The van der Waals surface area contributed by atoms with Crippen LogP contribution in [0.3, 0.4) is 0 Å². The first kappa shape index (κ1) is 14.4. The molecule has 0 aliphatic carbocycles. The van der Waals surface area contributed by atoms with Gasteiger partial charge in [-0.15, -0.1) is 0 Å². The van der Waals surface area contributed by atoms with Crippen LogP contribution < -0.4 is 10.2 Å². The molecule has 1 aromatic rings. The van der Waals surface area contributed by atoms with E-state index in [0.717, 1.165) is 41.8 Å². The third-order valence-corrected chi connectivity index (χ3v) is 4.20. The molecule has 0 radical (unpaired) electrons. The van der Waals surface area contributed by atoms with E-state index in [1.807, 2.05) is 18.2 Å². The van der Waals surface area contributed by atoms with E-state index in [0.29, 0.717) is 6.04 Å². The minimum absolute atomic E-state index is 0.553. The van der Waals surface area contributed by atoms with Crippen molar-refractivity contribution in [1.82, 2.24) is 5.32 Å². The van der Waals surface area contributed by atoms with E-state index in [1.54, 1.807) is 0 Å². The highest BCUT2D eigenvalue weighted by Gasteiger charge is 2.20. The molecule has 0 bridgehead atoms. The van der Waals surface area contributed by atoms with Crippen LogP contribution in [0.5, 0.6) is 0 Å². The maximum atomic E-state index is 9.35. The maximum Gasteiger partial charge on any atom is 0.103 e. The third-order valence-electron chi connectivity index (χ3n) is 3.54. The standard InChI is InChI=1S/C15H20BrN3/c1-2-9-19(11-12-5-4-8-18-12)15-7-3-6-14(16)13(15)10-17/h3,6-7,12,18H,2,4-5,8-9,11H2,1H3. The number of rotatable bonds is 5. The Hall–Kier alpha value is -1.05. The molecule has 1 N–H and O–H groups in total. The van der Waals surface area contributed by atoms with Gasteiger partial charge in [-0.2, -0.15) is 5.26 Å². The SMILES string of the molecule is CCCN(CC1CCCN1)c1cccc(Br)c1C#N. The summed E-state index contributed by atoms with van der Waals surface area (Å²) in [7, 11) is 0. The van der Waals surface area contributed by atoms with Crippen LogP contribution in [0.25, 0.3) is 0 Å². The zero-order chi connectivity index (χ0) is 13.7. The van der Waals surface area contributed by atoms with Crippen molar-refractivity contribution in [2.75, 3.05) is 24.5 Å². The lowest BCUT2D eigenvalue weighted by Gasteiger charge is -2.28. The monoisotopic (exact) mass is 321 g/mol. The summed E-state index contributed by atoms with van der Waals surface area (Å²) in [4.78, 5) is 2.34. The van der Waals surface area contributed by atoms with E-state index in [-0.39, 0.29) is 0 Å². The lowest BCUT2D eigenvalue weighted by Crippen LogP contribution is -2.38. The summed E-state index contributed by atoms with van der Waals surface area (Å²) < 4.78 is 0.882. The first-order valence-corrected chi connectivity index (χ1v) is 7.72. The van der Waals surface area contributed by atoms with Crippen molar-refractivity contribution in [3.8, 4) is 6.07 Å². The van der Waals surface area contributed by atoms with Crippen LogP contribution in [-0.2, 0) is 0 Å². The molecule has 4 heteroatoms. The van der Waals surface area contributed by atoms with Gasteiger partial charge in [0.15, 0.2) is 0 Å². The largest absolute Gasteiger partial charge is 0.369 e. The average Bonchev–Trinajstić information content (AvgIpc) is 2.91. The molecule has 102 valence electrons. The van der Waals surface area contributed by atoms with E-state index >= 15 is 0 Å².